The Bertz CT molecular complexity index is 438. The van der Waals surface area contributed by atoms with E-state index in [1.807, 2.05) is 0 Å². The molecule has 0 N–H and O–H groups in total. The van der Waals surface area contributed by atoms with Gasteiger partial charge in [0.15, 0.2) is 5.78 Å². The van der Waals surface area contributed by atoms with Crippen LogP contribution in [0.3, 0.4) is 0 Å². The Morgan fingerprint density at radius 2 is 2.06 bits per heavy atom. The zero-order chi connectivity index (χ0) is 12.7. The first-order valence-corrected chi connectivity index (χ1v) is 5.24. The third-order valence-electron chi connectivity index (χ3n) is 1.98. The van der Waals surface area contributed by atoms with E-state index in [1.54, 1.807) is 25.1 Å². The minimum absolute atomic E-state index is 0.239. The number of carbonyl (C=O) groups excluding carboxylic acids is 2. The van der Waals surface area contributed by atoms with Gasteiger partial charge in [-0.05, 0) is 25.1 Å². The predicted molar refractivity (Wildman–Crippen MR) is 61.7 cm³/mol. The molecule has 0 fully saturated rings. The number of allylic oxidation sites excluding steroid dienone is 1. The number of hydrogen-bond acceptors (Lipinski definition) is 3. The summed E-state index contributed by atoms with van der Waals surface area (Å²) in [5.74, 6) is -1.39. The van der Waals surface area contributed by atoms with Crippen LogP contribution in [0.5, 0.6) is 0 Å². The van der Waals surface area contributed by atoms with E-state index in [2.05, 4.69) is 4.74 Å². The first-order chi connectivity index (χ1) is 8.13. The highest BCUT2D eigenvalue weighted by Gasteiger charge is 2.07. The van der Waals surface area contributed by atoms with E-state index < -0.39 is 17.6 Å². The van der Waals surface area contributed by atoms with Gasteiger partial charge in [0.1, 0.15) is 12.2 Å². The molecular formula is C13H13FO3. The van der Waals surface area contributed by atoms with Crippen molar-refractivity contribution in [2.45, 2.75) is 13.3 Å². The fourth-order valence-electron chi connectivity index (χ4n) is 1.21. The number of carbonyl (C=O) groups is 2. The fraction of sp³-hybridized carbons (Fsp3) is 0.231. The highest BCUT2D eigenvalue weighted by Crippen LogP contribution is 2.08. The van der Waals surface area contributed by atoms with Gasteiger partial charge in [0.2, 0.25) is 0 Å². The normalized spacial score (nSPS) is 10.5. The number of rotatable bonds is 5. The monoisotopic (exact) mass is 236 g/mol. The summed E-state index contributed by atoms with van der Waals surface area (Å²) in [5.41, 5.74) is 0.310. The van der Waals surface area contributed by atoms with E-state index in [-0.39, 0.29) is 13.0 Å². The van der Waals surface area contributed by atoms with E-state index in [4.69, 9.17) is 0 Å². The summed E-state index contributed by atoms with van der Waals surface area (Å²) in [6.07, 6.45) is 2.20. The molecule has 17 heavy (non-hydrogen) atoms. The minimum atomic E-state index is -0.573. The molecular weight excluding hydrogens is 223 g/mol. The molecule has 1 aromatic carbocycles. The summed E-state index contributed by atoms with van der Waals surface area (Å²) in [4.78, 5) is 22.3. The fourth-order valence-corrected chi connectivity index (χ4v) is 1.21. The topological polar surface area (TPSA) is 43.4 Å². The number of halogens is 1. The molecule has 3 nitrogen and oxygen atoms in total. The molecule has 4 heteroatoms. The van der Waals surface area contributed by atoms with Gasteiger partial charge in [-0.3, -0.25) is 9.59 Å². The number of ketones is 1. The van der Waals surface area contributed by atoms with Gasteiger partial charge in [0, 0.05) is 5.56 Å². The van der Waals surface area contributed by atoms with Crippen molar-refractivity contribution in [1.29, 1.82) is 0 Å². The quantitative estimate of drug-likeness (QED) is 0.448. The van der Waals surface area contributed by atoms with Crippen LogP contribution in [-0.4, -0.2) is 18.4 Å². The van der Waals surface area contributed by atoms with Crippen LogP contribution in [0.15, 0.2) is 30.3 Å². The van der Waals surface area contributed by atoms with Crippen LogP contribution >= 0.6 is 0 Å². The van der Waals surface area contributed by atoms with Crippen molar-refractivity contribution in [3.63, 3.8) is 0 Å². The molecule has 0 unspecified atom stereocenters. The van der Waals surface area contributed by atoms with Crippen molar-refractivity contribution in [2.24, 2.45) is 0 Å². The molecule has 90 valence electrons. The highest BCUT2D eigenvalue weighted by molar-refractivity contribution is 6.03. The van der Waals surface area contributed by atoms with Gasteiger partial charge in [-0.1, -0.05) is 18.2 Å². The molecule has 0 saturated heterocycles. The van der Waals surface area contributed by atoms with Gasteiger partial charge in [0.25, 0.3) is 0 Å². The lowest BCUT2D eigenvalue weighted by molar-refractivity contribution is -0.144. The number of hydrogen-bond donors (Lipinski definition) is 0. The van der Waals surface area contributed by atoms with Crippen LogP contribution in [0, 0.1) is 5.82 Å². The van der Waals surface area contributed by atoms with Gasteiger partial charge >= 0.3 is 5.97 Å². The Kier molecular flexibility index (Phi) is 5.07. The van der Waals surface area contributed by atoms with Crippen LogP contribution in [0.25, 0.3) is 6.08 Å². The molecule has 0 atom stereocenters. The zero-order valence-corrected chi connectivity index (χ0v) is 9.48. The summed E-state index contributed by atoms with van der Waals surface area (Å²) in [5, 5.41) is 0. The average Bonchev–Trinajstić information content (AvgIpc) is 2.28. The lowest BCUT2D eigenvalue weighted by atomic mass is 10.1. The first kappa shape index (κ1) is 13.1. The third kappa shape index (κ3) is 4.59. The van der Waals surface area contributed by atoms with Crippen LogP contribution in [0.4, 0.5) is 4.39 Å². The molecule has 0 spiro atoms. The molecule has 0 bridgehead atoms. The molecule has 0 heterocycles. The first-order valence-electron chi connectivity index (χ1n) is 5.24. The largest absolute Gasteiger partial charge is 0.466 e. The Morgan fingerprint density at radius 1 is 1.35 bits per heavy atom. The summed E-state index contributed by atoms with van der Waals surface area (Å²) in [7, 11) is 0. The Morgan fingerprint density at radius 3 is 2.71 bits per heavy atom. The molecule has 0 saturated carbocycles. The van der Waals surface area contributed by atoms with E-state index in [9.17, 15) is 14.0 Å². The molecule has 0 aliphatic heterocycles. The minimum Gasteiger partial charge on any atom is -0.466 e. The van der Waals surface area contributed by atoms with Crippen LogP contribution in [0.2, 0.25) is 0 Å². The van der Waals surface area contributed by atoms with Crippen molar-refractivity contribution in [3.8, 4) is 0 Å². The summed E-state index contributed by atoms with van der Waals surface area (Å²) >= 11 is 0. The van der Waals surface area contributed by atoms with Gasteiger partial charge in [-0.25, -0.2) is 4.39 Å². The number of benzene rings is 1. The standard InChI is InChI=1S/C13H13FO3/c1-2-17-13(16)9-11(15)8-7-10-5-3-4-6-12(10)14/h3-8H,2,9H2,1H3/b8-7+. The van der Waals surface area contributed by atoms with Crippen molar-refractivity contribution in [3.05, 3.63) is 41.7 Å². The van der Waals surface area contributed by atoms with E-state index in [1.165, 1.54) is 18.2 Å². The summed E-state index contributed by atoms with van der Waals surface area (Å²) < 4.78 is 17.8. The zero-order valence-electron chi connectivity index (χ0n) is 9.48. The van der Waals surface area contributed by atoms with Gasteiger partial charge in [-0.15, -0.1) is 0 Å². The molecule has 0 radical (unpaired) electrons. The molecule has 0 aliphatic rings. The van der Waals surface area contributed by atoms with Gasteiger partial charge in [0.05, 0.1) is 6.61 Å². The number of ether oxygens (including phenoxy) is 1. The highest BCUT2D eigenvalue weighted by atomic mass is 19.1. The lowest BCUT2D eigenvalue weighted by Crippen LogP contribution is -2.09. The molecule has 0 aromatic heterocycles. The maximum absolute atomic E-state index is 13.2. The Hall–Kier alpha value is -1.97. The smallest absolute Gasteiger partial charge is 0.313 e. The van der Waals surface area contributed by atoms with Gasteiger partial charge in [-0.2, -0.15) is 0 Å². The van der Waals surface area contributed by atoms with Crippen molar-refractivity contribution < 1.29 is 18.7 Å². The summed E-state index contributed by atoms with van der Waals surface area (Å²) in [6.45, 7) is 1.90. The van der Waals surface area contributed by atoms with Crippen LogP contribution in [0.1, 0.15) is 18.9 Å². The lowest BCUT2D eigenvalue weighted by Gasteiger charge is -1.98. The van der Waals surface area contributed by atoms with Crippen LogP contribution < -0.4 is 0 Å². The molecule has 1 aromatic rings. The molecule has 0 aliphatic carbocycles. The third-order valence-corrected chi connectivity index (χ3v) is 1.98. The van der Waals surface area contributed by atoms with E-state index >= 15 is 0 Å². The van der Waals surface area contributed by atoms with Crippen molar-refractivity contribution in [1.82, 2.24) is 0 Å². The van der Waals surface area contributed by atoms with Crippen molar-refractivity contribution in [2.75, 3.05) is 6.61 Å². The second kappa shape index (κ2) is 6.58. The van der Waals surface area contributed by atoms with Crippen molar-refractivity contribution >= 4 is 17.8 Å². The summed E-state index contributed by atoms with van der Waals surface area (Å²) in [6, 6.07) is 6.07. The Balaban J connectivity index is 2.57. The second-order valence-corrected chi connectivity index (χ2v) is 3.30. The van der Waals surface area contributed by atoms with E-state index in [0.29, 0.717) is 5.56 Å². The average molecular weight is 236 g/mol. The van der Waals surface area contributed by atoms with E-state index in [0.717, 1.165) is 0 Å². The maximum Gasteiger partial charge on any atom is 0.313 e. The Labute approximate surface area is 98.9 Å². The number of esters is 1. The SMILES string of the molecule is CCOC(=O)CC(=O)/C=C/c1ccccc1F. The molecule has 0 amide bonds. The van der Waals surface area contributed by atoms with Gasteiger partial charge < -0.3 is 4.74 Å². The maximum atomic E-state index is 13.2. The predicted octanol–water partition coefficient (Wildman–Crippen LogP) is 2.36. The second-order valence-electron chi connectivity index (χ2n) is 3.30. The molecule has 1 rings (SSSR count). The van der Waals surface area contributed by atoms with Crippen LogP contribution in [-0.2, 0) is 14.3 Å².